The van der Waals surface area contributed by atoms with Gasteiger partial charge in [-0.3, -0.25) is 10.1 Å². The summed E-state index contributed by atoms with van der Waals surface area (Å²) in [6.07, 6.45) is 0.872. The zero-order valence-electron chi connectivity index (χ0n) is 17.7. The zero-order chi connectivity index (χ0) is 22.4. The maximum atomic E-state index is 14.1. The Morgan fingerprint density at radius 3 is 2.48 bits per heavy atom. The van der Waals surface area contributed by atoms with Crippen LogP contribution in [-0.4, -0.2) is 36.6 Å². The topological polar surface area (TPSA) is 82.4 Å². The van der Waals surface area contributed by atoms with E-state index in [0.29, 0.717) is 30.1 Å². The lowest BCUT2D eigenvalue weighted by atomic mass is 9.89. The van der Waals surface area contributed by atoms with Gasteiger partial charge < -0.3 is 9.64 Å². The predicted octanol–water partition coefficient (Wildman–Crippen LogP) is 4.92. The highest BCUT2D eigenvalue weighted by Gasteiger charge is 2.25. The zero-order valence-corrected chi connectivity index (χ0v) is 17.7. The Kier molecular flexibility index (Phi) is 7.24. The van der Waals surface area contributed by atoms with Crippen LogP contribution in [0, 0.1) is 23.1 Å². The van der Waals surface area contributed by atoms with E-state index >= 15 is 0 Å². The number of piperidine rings is 1. The molecule has 0 aliphatic carbocycles. The molecule has 1 aliphatic rings. The van der Waals surface area contributed by atoms with Gasteiger partial charge in [-0.25, -0.2) is 9.18 Å². The number of carbonyl (C=O) groups excluding carboxylic acids is 2. The number of anilines is 1. The Hall–Kier alpha value is -3.40. The number of nitriles is 1. The first-order valence-electron chi connectivity index (χ1n) is 10.4. The summed E-state index contributed by atoms with van der Waals surface area (Å²) in [4.78, 5) is 26.5. The average molecular weight is 423 g/mol. The minimum atomic E-state index is -0.750. The van der Waals surface area contributed by atoms with Crippen LogP contribution < -0.4 is 5.32 Å². The van der Waals surface area contributed by atoms with E-state index in [1.54, 1.807) is 4.90 Å². The third kappa shape index (κ3) is 5.82. The van der Waals surface area contributed by atoms with Crippen LogP contribution in [0.15, 0.2) is 42.5 Å². The van der Waals surface area contributed by atoms with Crippen molar-refractivity contribution in [3.63, 3.8) is 0 Å². The molecule has 7 heteroatoms. The Morgan fingerprint density at radius 2 is 1.87 bits per heavy atom. The Bertz CT molecular complexity index is 975. The fourth-order valence-corrected chi connectivity index (χ4v) is 3.57. The van der Waals surface area contributed by atoms with Crippen molar-refractivity contribution in [2.45, 2.75) is 32.6 Å². The molecule has 1 heterocycles. The van der Waals surface area contributed by atoms with E-state index in [4.69, 9.17) is 10.00 Å². The van der Waals surface area contributed by atoms with Crippen molar-refractivity contribution in [3.05, 3.63) is 65.0 Å². The van der Waals surface area contributed by atoms with E-state index < -0.39 is 11.9 Å². The van der Waals surface area contributed by atoms with Gasteiger partial charge in [0.15, 0.2) is 0 Å². The molecule has 162 valence electrons. The number of ether oxygens (including phenoxy) is 1. The molecule has 0 atom stereocenters. The van der Waals surface area contributed by atoms with Gasteiger partial charge in [-0.05, 0) is 60.6 Å². The molecule has 0 spiro atoms. The van der Waals surface area contributed by atoms with Gasteiger partial charge in [0.05, 0.1) is 23.9 Å². The minimum Gasteiger partial charge on any atom is -0.449 e. The summed E-state index contributed by atoms with van der Waals surface area (Å²) in [7, 11) is 0. The molecular formula is C24H26FN3O3. The number of nitrogens with one attached hydrogen (secondary N) is 1. The Labute approximate surface area is 181 Å². The van der Waals surface area contributed by atoms with E-state index in [0.717, 1.165) is 12.8 Å². The second kappa shape index (κ2) is 10.1. The van der Waals surface area contributed by atoms with Crippen molar-refractivity contribution in [1.29, 1.82) is 5.26 Å². The first kappa shape index (κ1) is 22.3. The number of rotatable bonds is 5. The average Bonchev–Trinajstić information content (AvgIpc) is 2.79. The number of hydrogen-bond acceptors (Lipinski definition) is 4. The highest BCUT2D eigenvalue weighted by molar-refractivity contribution is 5.96. The van der Waals surface area contributed by atoms with E-state index in [1.807, 2.05) is 38.1 Å². The van der Waals surface area contributed by atoms with Gasteiger partial charge in [0.2, 0.25) is 0 Å². The molecule has 0 aromatic heterocycles. The van der Waals surface area contributed by atoms with Crippen LogP contribution in [0.1, 0.15) is 54.1 Å². The summed E-state index contributed by atoms with van der Waals surface area (Å²) < 4.78 is 19.1. The van der Waals surface area contributed by atoms with Gasteiger partial charge in [-0.15, -0.1) is 0 Å². The molecule has 2 aromatic rings. The molecule has 2 aromatic carbocycles. The van der Waals surface area contributed by atoms with Crippen LogP contribution in [0.25, 0.3) is 0 Å². The number of hydrogen-bond donors (Lipinski definition) is 1. The van der Waals surface area contributed by atoms with Crippen molar-refractivity contribution < 1.29 is 18.7 Å². The van der Waals surface area contributed by atoms with Crippen molar-refractivity contribution >= 4 is 17.7 Å². The van der Waals surface area contributed by atoms with Crippen LogP contribution >= 0.6 is 0 Å². The quantitative estimate of drug-likeness (QED) is 0.740. The second-order valence-electron chi connectivity index (χ2n) is 8.11. The molecule has 1 saturated heterocycles. The standard InChI is InChI=1S/C24H26FN3O3/c1-16(2)15-31-24(30)27-22-13-20(7-8-21(22)25)23(29)28-11-9-19(10-12-28)18-5-3-17(14-26)4-6-18/h3-8,13,16,19H,9-12,15H2,1-2H3,(H,27,30). The van der Waals surface area contributed by atoms with Crippen LogP contribution in [-0.2, 0) is 4.74 Å². The molecule has 0 bridgehead atoms. The van der Waals surface area contributed by atoms with Crippen LogP contribution in [0.3, 0.4) is 0 Å². The van der Waals surface area contributed by atoms with E-state index in [-0.39, 0.29) is 24.1 Å². The number of nitrogens with zero attached hydrogens (tertiary/aromatic N) is 2. The van der Waals surface area contributed by atoms with Crippen molar-refractivity contribution in [1.82, 2.24) is 4.90 Å². The summed E-state index contributed by atoms with van der Waals surface area (Å²) in [6.45, 7) is 5.19. The van der Waals surface area contributed by atoms with Gasteiger partial charge >= 0.3 is 6.09 Å². The van der Waals surface area contributed by atoms with E-state index in [1.165, 1.54) is 23.8 Å². The maximum absolute atomic E-state index is 14.1. The normalized spacial score (nSPS) is 14.2. The summed E-state index contributed by atoms with van der Waals surface area (Å²) in [5.41, 5.74) is 2.04. The molecule has 31 heavy (non-hydrogen) atoms. The van der Waals surface area contributed by atoms with Crippen LogP contribution in [0.2, 0.25) is 0 Å². The number of benzene rings is 2. The summed E-state index contributed by atoms with van der Waals surface area (Å²) >= 11 is 0. The lowest BCUT2D eigenvalue weighted by molar-refractivity contribution is 0.0713. The predicted molar refractivity (Wildman–Crippen MR) is 115 cm³/mol. The molecule has 1 fully saturated rings. The molecular weight excluding hydrogens is 397 g/mol. The van der Waals surface area contributed by atoms with Gasteiger partial charge in [0.25, 0.3) is 5.91 Å². The first-order valence-corrected chi connectivity index (χ1v) is 10.4. The summed E-state index contributed by atoms with van der Waals surface area (Å²) in [5.74, 6) is -0.330. The lowest BCUT2D eigenvalue weighted by Gasteiger charge is -2.32. The highest BCUT2D eigenvalue weighted by atomic mass is 19.1. The van der Waals surface area contributed by atoms with Gasteiger partial charge in [0, 0.05) is 18.7 Å². The number of amides is 2. The SMILES string of the molecule is CC(C)COC(=O)Nc1cc(C(=O)N2CCC(c3ccc(C#N)cc3)CC2)ccc1F. The maximum Gasteiger partial charge on any atom is 0.411 e. The largest absolute Gasteiger partial charge is 0.449 e. The van der Waals surface area contributed by atoms with Crippen molar-refractivity contribution in [2.24, 2.45) is 5.92 Å². The van der Waals surface area contributed by atoms with Crippen molar-refractivity contribution in [3.8, 4) is 6.07 Å². The van der Waals surface area contributed by atoms with Gasteiger partial charge in [0.1, 0.15) is 5.82 Å². The van der Waals surface area contributed by atoms with E-state index in [9.17, 15) is 14.0 Å². The minimum absolute atomic E-state index is 0.0768. The molecule has 3 rings (SSSR count). The van der Waals surface area contributed by atoms with Gasteiger partial charge in [-0.1, -0.05) is 26.0 Å². The summed E-state index contributed by atoms with van der Waals surface area (Å²) in [5, 5.41) is 11.3. The lowest BCUT2D eigenvalue weighted by Crippen LogP contribution is -2.38. The third-order valence-corrected chi connectivity index (χ3v) is 5.29. The molecule has 1 N–H and O–H groups in total. The van der Waals surface area contributed by atoms with Gasteiger partial charge in [-0.2, -0.15) is 5.26 Å². The monoisotopic (exact) mass is 423 g/mol. The van der Waals surface area contributed by atoms with Crippen LogP contribution in [0.5, 0.6) is 0 Å². The second-order valence-corrected chi connectivity index (χ2v) is 8.11. The van der Waals surface area contributed by atoms with Crippen molar-refractivity contribution in [2.75, 3.05) is 25.0 Å². The number of likely N-dealkylation sites (tertiary alicyclic amines) is 1. The van der Waals surface area contributed by atoms with E-state index in [2.05, 4.69) is 11.4 Å². The van der Waals surface area contributed by atoms with Crippen LogP contribution in [0.4, 0.5) is 14.9 Å². The molecule has 0 saturated carbocycles. The molecule has 0 radical (unpaired) electrons. The fraction of sp³-hybridized carbons (Fsp3) is 0.375. The molecule has 2 amide bonds. The number of carbonyl (C=O) groups is 2. The molecule has 6 nitrogen and oxygen atoms in total. The third-order valence-electron chi connectivity index (χ3n) is 5.29. The molecule has 1 aliphatic heterocycles. The fourth-order valence-electron chi connectivity index (χ4n) is 3.57. The summed E-state index contributed by atoms with van der Waals surface area (Å²) in [6, 6.07) is 13.6. The Morgan fingerprint density at radius 1 is 1.19 bits per heavy atom. The first-order chi connectivity index (χ1) is 14.9. The Balaban J connectivity index is 1.61. The highest BCUT2D eigenvalue weighted by Crippen LogP contribution is 2.29. The number of halogens is 1. The molecule has 0 unspecified atom stereocenters. The smallest absolute Gasteiger partial charge is 0.411 e.